The second-order valence-corrected chi connectivity index (χ2v) is 8.35. The number of nitrogens with one attached hydrogen (secondary N) is 1. The van der Waals surface area contributed by atoms with Gasteiger partial charge in [-0.25, -0.2) is 9.78 Å². The van der Waals surface area contributed by atoms with Crippen molar-refractivity contribution in [3.05, 3.63) is 107 Å². The Morgan fingerprint density at radius 2 is 1.58 bits per heavy atom. The van der Waals surface area contributed by atoms with Crippen LogP contribution in [0.5, 0.6) is 0 Å². The van der Waals surface area contributed by atoms with Crippen molar-refractivity contribution in [3.8, 4) is 11.1 Å². The smallest absolute Gasteiger partial charge is 0.407 e. The minimum Gasteiger partial charge on any atom is -0.449 e. The summed E-state index contributed by atoms with van der Waals surface area (Å²) in [6.07, 6.45) is 6.07. The SMILES string of the molecule is O=C(NCCC=Cc1cnc(Cl)c2ccccc12)OCC1c2ccccc2-c2ccccc21. The zero-order chi connectivity index (χ0) is 22.6. The molecule has 5 heteroatoms. The van der Waals surface area contributed by atoms with Crippen LogP contribution in [0.3, 0.4) is 0 Å². The van der Waals surface area contributed by atoms with Gasteiger partial charge in [0, 0.05) is 29.6 Å². The van der Waals surface area contributed by atoms with Crippen molar-refractivity contribution in [1.82, 2.24) is 10.3 Å². The van der Waals surface area contributed by atoms with Gasteiger partial charge in [-0.05, 0) is 34.1 Å². The lowest BCUT2D eigenvalue weighted by Crippen LogP contribution is -2.26. The Kier molecular flexibility index (Phi) is 6.09. The van der Waals surface area contributed by atoms with Crippen LogP contribution in [-0.2, 0) is 4.74 Å². The number of hydrogen-bond acceptors (Lipinski definition) is 3. The number of aromatic nitrogens is 1. The average molecular weight is 455 g/mol. The van der Waals surface area contributed by atoms with Crippen LogP contribution in [-0.4, -0.2) is 24.2 Å². The normalized spacial score (nSPS) is 12.6. The molecule has 4 nitrogen and oxygen atoms in total. The van der Waals surface area contributed by atoms with Crippen molar-refractivity contribution >= 4 is 34.5 Å². The van der Waals surface area contributed by atoms with Gasteiger partial charge in [-0.3, -0.25) is 0 Å². The van der Waals surface area contributed by atoms with Gasteiger partial charge in [0.15, 0.2) is 0 Å². The van der Waals surface area contributed by atoms with Crippen molar-refractivity contribution in [2.45, 2.75) is 12.3 Å². The predicted octanol–water partition coefficient (Wildman–Crippen LogP) is 6.83. The molecule has 0 saturated heterocycles. The Morgan fingerprint density at radius 3 is 2.30 bits per heavy atom. The highest BCUT2D eigenvalue weighted by molar-refractivity contribution is 6.34. The summed E-state index contributed by atoms with van der Waals surface area (Å²) in [5, 5.41) is 5.32. The number of pyridine rings is 1. The Labute approximate surface area is 197 Å². The fraction of sp³-hybridized carbons (Fsp3) is 0.143. The van der Waals surface area contributed by atoms with Gasteiger partial charge < -0.3 is 10.1 Å². The highest BCUT2D eigenvalue weighted by atomic mass is 35.5. The van der Waals surface area contributed by atoms with Gasteiger partial charge in [-0.15, -0.1) is 0 Å². The van der Waals surface area contributed by atoms with E-state index in [1.54, 1.807) is 6.20 Å². The third-order valence-electron chi connectivity index (χ3n) is 6.00. The van der Waals surface area contributed by atoms with Gasteiger partial charge in [0.1, 0.15) is 11.8 Å². The number of amides is 1. The van der Waals surface area contributed by atoms with Crippen molar-refractivity contribution in [2.75, 3.05) is 13.2 Å². The van der Waals surface area contributed by atoms with Crippen LogP contribution in [0.15, 0.2) is 85.1 Å². The van der Waals surface area contributed by atoms with E-state index in [2.05, 4.69) is 34.6 Å². The molecule has 4 aromatic rings. The third kappa shape index (κ3) is 4.35. The molecule has 0 atom stereocenters. The van der Waals surface area contributed by atoms with Gasteiger partial charge >= 0.3 is 6.09 Å². The Balaban J connectivity index is 1.15. The maximum Gasteiger partial charge on any atom is 0.407 e. The van der Waals surface area contributed by atoms with Crippen LogP contribution >= 0.6 is 11.6 Å². The quantitative estimate of drug-likeness (QED) is 0.256. The Morgan fingerprint density at radius 1 is 0.939 bits per heavy atom. The minimum absolute atomic E-state index is 0.0636. The van der Waals surface area contributed by atoms with E-state index in [-0.39, 0.29) is 5.92 Å². The van der Waals surface area contributed by atoms with Crippen LogP contribution in [0.25, 0.3) is 28.0 Å². The molecule has 0 aliphatic heterocycles. The average Bonchev–Trinajstić information content (AvgIpc) is 3.18. The van der Waals surface area contributed by atoms with Crippen LogP contribution in [0.1, 0.15) is 29.0 Å². The van der Waals surface area contributed by atoms with Crippen LogP contribution in [0.4, 0.5) is 4.79 Å². The van der Waals surface area contributed by atoms with Gasteiger partial charge in [-0.2, -0.15) is 0 Å². The van der Waals surface area contributed by atoms with E-state index in [0.717, 1.165) is 16.3 Å². The molecule has 0 fully saturated rings. The zero-order valence-electron chi connectivity index (χ0n) is 18.0. The molecule has 1 N–H and O–H groups in total. The fourth-order valence-corrected chi connectivity index (χ4v) is 4.64. The Bertz CT molecular complexity index is 1300. The third-order valence-corrected chi connectivity index (χ3v) is 6.30. The Hall–Kier alpha value is -3.63. The minimum atomic E-state index is -0.399. The van der Waals surface area contributed by atoms with Crippen molar-refractivity contribution in [3.63, 3.8) is 0 Å². The standard InChI is InChI=1S/C28H23ClN2O2/c29-27-25-15-6-1-10-20(25)19(17-31-27)9-7-8-16-30-28(32)33-18-26-23-13-4-2-11-21(23)22-12-3-5-14-24(22)26/h1-7,9-15,17,26H,8,16,18H2,(H,30,32). The fourth-order valence-electron chi connectivity index (χ4n) is 4.43. The zero-order valence-corrected chi connectivity index (χ0v) is 18.8. The van der Waals surface area contributed by atoms with E-state index in [0.29, 0.717) is 24.7 Å². The molecule has 33 heavy (non-hydrogen) atoms. The van der Waals surface area contributed by atoms with E-state index < -0.39 is 6.09 Å². The van der Waals surface area contributed by atoms with Gasteiger partial charge in [0.05, 0.1) is 0 Å². The first-order valence-electron chi connectivity index (χ1n) is 11.0. The molecular weight excluding hydrogens is 432 g/mol. The number of rotatable bonds is 6. The molecule has 1 aliphatic rings. The van der Waals surface area contributed by atoms with E-state index in [9.17, 15) is 4.79 Å². The highest BCUT2D eigenvalue weighted by Gasteiger charge is 2.28. The first kappa shape index (κ1) is 21.2. The number of carbonyl (C=O) groups is 1. The number of hydrogen-bond donors (Lipinski definition) is 1. The van der Waals surface area contributed by atoms with Crippen LogP contribution in [0, 0.1) is 0 Å². The molecule has 1 amide bonds. The van der Waals surface area contributed by atoms with Gasteiger partial charge in [0.25, 0.3) is 0 Å². The number of nitrogens with zero attached hydrogens (tertiary/aromatic N) is 1. The summed E-state index contributed by atoms with van der Waals surface area (Å²) >= 11 is 6.18. The van der Waals surface area contributed by atoms with Gasteiger partial charge in [0.2, 0.25) is 0 Å². The second-order valence-electron chi connectivity index (χ2n) is 7.99. The summed E-state index contributed by atoms with van der Waals surface area (Å²) < 4.78 is 5.58. The molecule has 1 aromatic heterocycles. The lowest BCUT2D eigenvalue weighted by atomic mass is 9.98. The summed E-state index contributed by atoms with van der Waals surface area (Å²) in [7, 11) is 0. The first-order chi connectivity index (χ1) is 16.2. The molecular formula is C28H23ClN2O2. The summed E-state index contributed by atoms with van der Waals surface area (Å²) in [5.74, 6) is 0.0636. The monoisotopic (exact) mass is 454 g/mol. The number of ether oxygens (including phenoxy) is 1. The van der Waals surface area contributed by atoms with Crippen molar-refractivity contribution in [1.29, 1.82) is 0 Å². The van der Waals surface area contributed by atoms with E-state index in [4.69, 9.17) is 16.3 Å². The molecule has 5 rings (SSSR count). The maximum atomic E-state index is 12.3. The topological polar surface area (TPSA) is 51.2 Å². The summed E-state index contributed by atoms with van der Waals surface area (Å²) in [6.45, 7) is 0.810. The number of benzene rings is 3. The highest BCUT2D eigenvalue weighted by Crippen LogP contribution is 2.44. The largest absolute Gasteiger partial charge is 0.449 e. The summed E-state index contributed by atoms with van der Waals surface area (Å²) in [5.41, 5.74) is 5.85. The lowest BCUT2D eigenvalue weighted by molar-refractivity contribution is 0.143. The van der Waals surface area contributed by atoms with Crippen LogP contribution < -0.4 is 5.32 Å². The molecule has 0 saturated carbocycles. The number of fused-ring (bicyclic) bond motifs is 4. The molecule has 0 bridgehead atoms. The maximum absolute atomic E-state index is 12.3. The van der Waals surface area contributed by atoms with Crippen LogP contribution in [0.2, 0.25) is 5.15 Å². The molecule has 3 aromatic carbocycles. The summed E-state index contributed by atoms with van der Waals surface area (Å²) in [4.78, 5) is 16.5. The molecule has 0 spiro atoms. The number of alkyl carbamates (subject to hydrolysis) is 1. The molecule has 0 radical (unpaired) electrons. The molecule has 0 unspecified atom stereocenters. The van der Waals surface area contributed by atoms with E-state index >= 15 is 0 Å². The van der Waals surface area contributed by atoms with E-state index in [1.807, 2.05) is 60.7 Å². The van der Waals surface area contributed by atoms with E-state index in [1.165, 1.54) is 22.3 Å². The van der Waals surface area contributed by atoms with Crippen molar-refractivity contribution in [2.24, 2.45) is 0 Å². The second kappa shape index (κ2) is 9.47. The number of carbonyl (C=O) groups excluding carboxylic acids is 1. The molecule has 164 valence electrons. The predicted molar refractivity (Wildman–Crippen MR) is 133 cm³/mol. The van der Waals surface area contributed by atoms with Crippen molar-refractivity contribution < 1.29 is 9.53 Å². The summed E-state index contributed by atoms with van der Waals surface area (Å²) in [6, 6.07) is 24.5. The molecule has 1 aliphatic carbocycles. The lowest BCUT2D eigenvalue weighted by Gasteiger charge is -2.14. The van der Waals surface area contributed by atoms with Gasteiger partial charge in [-0.1, -0.05) is 96.5 Å². The first-order valence-corrected chi connectivity index (χ1v) is 11.4. The molecule has 1 heterocycles. The number of halogens is 1.